The Labute approximate surface area is 121 Å². The molecule has 20 heavy (non-hydrogen) atoms. The largest absolute Gasteiger partial charge is 0.399 e. The molecule has 0 aliphatic heterocycles. The van der Waals surface area contributed by atoms with Crippen LogP contribution in [0.3, 0.4) is 0 Å². The minimum atomic E-state index is -4.77. The van der Waals surface area contributed by atoms with Crippen LogP contribution in [-0.2, 0) is 14.8 Å². The Kier molecular flexibility index (Phi) is 2.37. The molecule has 0 radical (unpaired) electrons. The third kappa shape index (κ3) is 2.50. The summed E-state index contributed by atoms with van der Waals surface area (Å²) >= 11 is 0. The van der Waals surface area contributed by atoms with Crippen LogP contribution in [0.5, 0.6) is 0 Å². The van der Waals surface area contributed by atoms with E-state index in [4.69, 9.17) is 15.7 Å². The van der Waals surface area contributed by atoms with Crippen LogP contribution in [0.15, 0.2) is 39.7 Å². The van der Waals surface area contributed by atoms with Gasteiger partial charge in [-0.15, -0.1) is 0 Å². The topological polar surface area (TPSA) is 106 Å². The zero-order chi connectivity index (χ0) is 18.4. The van der Waals surface area contributed by atoms with Crippen molar-refractivity contribution in [1.29, 1.82) is 0 Å². The zero-order valence-corrected chi connectivity index (χ0v) is 11.4. The monoisotopic (exact) mass is 299 g/mol. The summed E-state index contributed by atoms with van der Waals surface area (Å²) in [5, 5.41) is 3.46. The highest BCUT2D eigenvalue weighted by Crippen LogP contribution is 2.24. The van der Waals surface area contributed by atoms with Gasteiger partial charge in [-0.3, -0.25) is 4.79 Å². The number of aryl methyl sites for hydroxylation is 1. The van der Waals surface area contributed by atoms with E-state index in [0.717, 1.165) is 6.92 Å². The predicted molar refractivity (Wildman–Crippen MR) is 72.4 cm³/mol. The molecule has 1 amide bonds. The van der Waals surface area contributed by atoms with Crippen molar-refractivity contribution in [2.75, 3.05) is 10.0 Å². The number of nitrogen functional groups attached to an aromatic ring is 1. The third-order valence-electron chi connectivity index (χ3n) is 2.23. The quantitative estimate of drug-likeness (QED) is 0.856. The van der Waals surface area contributed by atoms with Crippen LogP contribution in [0.25, 0.3) is 0 Å². The van der Waals surface area contributed by atoms with Gasteiger partial charge in [-0.25, -0.2) is 8.42 Å². The molecule has 0 spiro atoms. The highest BCUT2D eigenvalue weighted by Gasteiger charge is 2.30. The molecule has 8 heteroatoms. The molecular formula is C12H13N3O4S. The van der Waals surface area contributed by atoms with Crippen LogP contribution in [0.4, 0.5) is 11.5 Å². The standard InChI is InChI=1S/C12H13N3O4S/c1-8-7-12(14-19-8)15(9(2)16)20(17,18)11-5-3-10(13)4-6-11/h3-7H,13H2,1-2H3/i3D,4D,5D,6D. The number of benzene rings is 1. The van der Waals surface area contributed by atoms with Crippen molar-refractivity contribution in [3.63, 3.8) is 0 Å². The summed E-state index contributed by atoms with van der Waals surface area (Å²) in [4.78, 5) is 10.9. The van der Waals surface area contributed by atoms with Crippen LogP contribution < -0.4 is 10.0 Å². The second-order valence-electron chi connectivity index (χ2n) is 3.83. The van der Waals surface area contributed by atoms with Gasteiger partial charge >= 0.3 is 0 Å². The minimum Gasteiger partial charge on any atom is -0.399 e. The number of rotatable bonds is 3. The molecule has 1 aromatic heterocycles. The Hall–Kier alpha value is -2.35. The van der Waals surface area contributed by atoms with Crippen LogP contribution in [0.2, 0.25) is 0 Å². The molecule has 106 valence electrons. The third-order valence-corrected chi connectivity index (χ3v) is 3.87. The average molecular weight is 299 g/mol. The second kappa shape index (κ2) is 4.97. The maximum absolute atomic E-state index is 12.8. The molecule has 0 saturated heterocycles. The molecule has 0 aliphatic rings. The van der Waals surface area contributed by atoms with E-state index in [-0.39, 0.29) is 15.9 Å². The molecule has 0 unspecified atom stereocenters. The molecule has 0 bridgehead atoms. The van der Waals surface area contributed by atoms with Gasteiger partial charge < -0.3 is 10.3 Å². The maximum atomic E-state index is 12.8. The van der Waals surface area contributed by atoms with Crippen LogP contribution in [-0.4, -0.2) is 19.5 Å². The first-order chi connectivity index (χ1) is 11.0. The first-order valence-corrected chi connectivity index (χ1v) is 6.79. The van der Waals surface area contributed by atoms with Crippen molar-refractivity contribution >= 4 is 27.4 Å². The van der Waals surface area contributed by atoms with Gasteiger partial charge in [-0.1, -0.05) is 5.16 Å². The number of amides is 1. The summed E-state index contributed by atoms with van der Waals surface area (Å²) in [5.74, 6) is -1.08. The molecule has 0 fully saturated rings. The normalized spacial score (nSPS) is 14.1. The van der Waals surface area contributed by atoms with E-state index < -0.39 is 50.7 Å². The van der Waals surface area contributed by atoms with E-state index in [9.17, 15) is 13.2 Å². The SMILES string of the molecule is [2H]c1c([2H])c(S(=O)(=O)N(C(C)=O)c2cc(C)on2)c([2H])c([2H])c1N. The lowest BCUT2D eigenvalue weighted by Crippen LogP contribution is -2.35. The fourth-order valence-electron chi connectivity index (χ4n) is 1.43. The molecule has 2 aromatic rings. The molecule has 2 rings (SSSR count). The zero-order valence-electron chi connectivity index (χ0n) is 14.6. The first kappa shape index (κ1) is 9.54. The van der Waals surface area contributed by atoms with E-state index in [1.165, 1.54) is 13.0 Å². The van der Waals surface area contributed by atoms with Crippen LogP contribution in [0.1, 0.15) is 18.2 Å². The van der Waals surface area contributed by atoms with E-state index >= 15 is 0 Å². The van der Waals surface area contributed by atoms with Gasteiger partial charge in [0.25, 0.3) is 10.0 Å². The van der Waals surface area contributed by atoms with Gasteiger partial charge in [0, 0.05) is 18.7 Å². The fourth-order valence-corrected chi connectivity index (χ4v) is 2.65. The summed E-state index contributed by atoms with van der Waals surface area (Å²) in [7, 11) is -4.77. The lowest BCUT2D eigenvalue weighted by atomic mass is 10.3. The smallest absolute Gasteiger partial charge is 0.272 e. The number of aromatic nitrogens is 1. The Morgan fingerprint density at radius 2 is 2.00 bits per heavy atom. The first-order valence-electron chi connectivity index (χ1n) is 7.35. The predicted octanol–water partition coefficient (Wildman–Crippen LogP) is 1.31. The second-order valence-corrected chi connectivity index (χ2v) is 5.55. The molecule has 2 N–H and O–H groups in total. The number of carbonyl (C=O) groups excluding carboxylic acids is 1. The lowest BCUT2D eigenvalue weighted by Gasteiger charge is -2.17. The summed E-state index contributed by atoms with van der Waals surface area (Å²) in [6.45, 7) is 2.44. The number of hydrogen-bond acceptors (Lipinski definition) is 6. The summed E-state index contributed by atoms with van der Waals surface area (Å²) in [6.07, 6.45) is 0. The Balaban J connectivity index is 2.81. The molecule has 0 saturated carbocycles. The van der Waals surface area contributed by atoms with Crippen LogP contribution >= 0.6 is 0 Å². The Morgan fingerprint density at radius 1 is 1.40 bits per heavy atom. The van der Waals surface area contributed by atoms with Crippen LogP contribution in [0, 0.1) is 6.92 Å². The number of carbonyl (C=O) groups is 1. The molecular weight excluding hydrogens is 282 g/mol. The highest BCUT2D eigenvalue weighted by atomic mass is 32.2. The van der Waals surface area contributed by atoms with Gasteiger partial charge in [-0.05, 0) is 31.1 Å². The Bertz CT molecular complexity index is 913. The van der Waals surface area contributed by atoms with Gasteiger partial charge in [0.05, 0.1) is 10.4 Å². The maximum Gasteiger partial charge on any atom is 0.272 e. The van der Waals surface area contributed by atoms with Gasteiger partial charge in [0.1, 0.15) is 5.76 Å². The number of nitrogens with two attached hydrogens (primary N) is 1. The summed E-state index contributed by atoms with van der Waals surface area (Å²) in [5.41, 5.74) is 4.94. The summed E-state index contributed by atoms with van der Waals surface area (Å²) < 4.78 is 61.5. The van der Waals surface area contributed by atoms with E-state index in [0.29, 0.717) is 0 Å². The fraction of sp³-hybridized carbons (Fsp3) is 0.167. The van der Waals surface area contributed by atoms with Crippen molar-refractivity contribution in [2.45, 2.75) is 18.7 Å². The van der Waals surface area contributed by atoms with Gasteiger partial charge in [-0.2, -0.15) is 4.31 Å². The number of anilines is 2. The number of hydrogen-bond donors (Lipinski definition) is 1. The lowest BCUT2D eigenvalue weighted by molar-refractivity contribution is -0.115. The minimum absolute atomic E-state index is 0.239. The molecule has 1 heterocycles. The number of sulfonamides is 1. The van der Waals surface area contributed by atoms with Gasteiger partial charge in [0.15, 0.2) is 5.82 Å². The van der Waals surface area contributed by atoms with E-state index in [1.807, 2.05) is 0 Å². The Morgan fingerprint density at radius 3 is 2.45 bits per heavy atom. The van der Waals surface area contributed by atoms with Crippen molar-refractivity contribution < 1.29 is 23.2 Å². The molecule has 0 aliphatic carbocycles. The van der Waals surface area contributed by atoms with Gasteiger partial charge in [0.2, 0.25) is 5.91 Å². The number of nitrogens with zero attached hydrogens (tertiary/aromatic N) is 2. The summed E-state index contributed by atoms with van der Waals surface area (Å²) in [6, 6.07) is -1.99. The van der Waals surface area contributed by atoms with Crippen molar-refractivity contribution in [3.05, 3.63) is 36.0 Å². The van der Waals surface area contributed by atoms with Crippen molar-refractivity contribution in [2.24, 2.45) is 0 Å². The molecule has 1 aromatic carbocycles. The molecule has 0 atom stereocenters. The van der Waals surface area contributed by atoms with E-state index in [1.54, 1.807) is 0 Å². The van der Waals surface area contributed by atoms with Crippen molar-refractivity contribution in [3.8, 4) is 0 Å². The van der Waals surface area contributed by atoms with E-state index in [2.05, 4.69) is 5.16 Å². The highest BCUT2D eigenvalue weighted by molar-refractivity contribution is 7.93. The molecule has 7 nitrogen and oxygen atoms in total. The van der Waals surface area contributed by atoms with Crippen molar-refractivity contribution in [1.82, 2.24) is 5.16 Å². The average Bonchev–Trinajstić information content (AvgIpc) is 2.88.